The van der Waals surface area contributed by atoms with Gasteiger partial charge in [-0.05, 0) is 92.6 Å². The molecule has 0 radical (unpaired) electrons. The van der Waals surface area contributed by atoms with Crippen LogP contribution in [0.3, 0.4) is 0 Å². The number of ether oxygens (including phenoxy) is 1. The van der Waals surface area contributed by atoms with E-state index < -0.39 is 29.3 Å². The molecule has 3 aromatic carbocycles. The summed E-state index contributed by atoms with van der Waals surface area (Å²) < 4.78 is 95.2. The van der Waals surface area contributed by atoms with E-state index in [1.807, 2.05) is 36.9 Å². The number of anilines is 7. The molecular weight excluding hydrogens is 936 g/mol. The minimum atomic E-state index is -4.39. The van der Waals surface area contributed by atoms with Crippen molar-refractivity contribution in [2.45, 2.75) is 33.1 Å². The topological polar surface area (TPSA) is 192 Å². The molecule has 71 heavy (non-hydrogen) atoms. The standard InChI is InChI=1S/C23H19F3N6.C14H16FN7O.C11H13F3N2/c1-14-6-9-21-20(10-14)15(2)29-22(31-21)32-28-13-18-7-8-19(12-27-18)30-17-5-3-4-16(11-17)23(24,25)26;15-12-9-18-14(20-13(12)22-3-5-23-6-4-22)21-19-8-11-2-1-10(16)7-17-11;1-8-6-15-16(7-8)10-4-2-3-9(5-10)11(12,13)14/h3-13,30H,1-2H3,(H,29,31,32);1-2,7-9H,3-6,16H2,(H,18,20,21);2-5,8,15H,6-7H2,1H3/b28-13+;19-8+;. The second-order valence-electron chi connectivity index (χ2n) is 16.2. The second kappa shape index (κ2) is 23.0. The molecule has 23 heteroatoms. The molecule has 1 atom stereocenters. The lowest BCUT2D eigenvalue weighted by Crippen LogP contribution is -2.37. The van der Waals surface area contributed by atoms with Crippen LogP contribution >= 0.6 is 0 Å². The second-order valence-corrected chi connectivity index (χ2v) is 16.2. The van der Waals surface area contributed by atoms with Crippen molar-refractivity contribution in [3.05, 3.63) is 149 Å². The number of hydrogen-bond acceptors (Lipinski definition) is 16. The van der Waals surface area contributed by atoms with Crippen molar-refractivity contribution in [2.75, 3.05) is 71.2 Å². The predicted molar refractivity (Wildman–Crippen MR) is 260 cm³/mol. The molecule has 2 fully saturated rings. The first-order valence-corrected chi connectivity index (χ1v) is 22.0. The Kier molecular flexibility index (Phi) is 16.5. The number of hydrogen-bond donors (Lipinski definition) is 5. The van der Waals surface area contributed by atoms with Crippen LogP contribution in [0.4, 0.5) is 71.2 Å². The number of fused-ring (bicyclic) bond motifs is 1. The molecule has 6 heterocycles. The summed E-state index contributed by atoms with van der Waals surface area (Å²) in [5.74, 6) is 0.806. The number of hydrazone groups is 2. The average Bonchev–Trinajstić information content (AvgIpc) is 3.80. The highest BCUT2D eigenvalue weighted by molar-refractivity contribution is 5.83. The van der Waals surface area contributed by atoms with E-state index in [1.54, 1.807) is 41.4 Å². The van der Waals surface area contributed by atoms with Crippen LogP contribution in [-0.4, -0.2) is 81.7 Å². The number of rotatable bonds is 10. The summed E-state index contributed by atoms with van der Waals surface area (Å²) in [6.45, 7) is 9.80. The summed E-state index contributed by atoms with van der Waals surface area (Å²) in [6, 6.07) is 23.2. The molecular formula is C48H48F7N15O. The third-order valence-electron chi connectivity index (χ3n) is 10.5. The van der Waals surface area contributed by atoms with Crippen LogP contribution < -0.4 is 37.2 Å². The number of aromatic nitrogens is 6. The summed E-state index contributed by atoms with van der Waals surface area (Å²) in [6.07, 6.45) is -1.49. The fourth-order valence-electron chi connectivity index (χ4n) is 6.91. The minimum absolute atomic E-state index is 0.208. The quantitative estimate of drug-likeness (QED) is 0.0495. The maximum atomic E-state index is 13.9. The molecule has 0 bridgehead atoms. The first-order valence-electron chi connectivity index (χ1n) is 22.0. The Hall–Kier alpha value is -8.05. The number of aryl methyl sites for hydroxylation is 2. The minimum Gasteiger partial charge on any atom is -0.397 e. The number of nitrogens with one attached hydrogen (secondary N) is 4. The van der Waals surface area contributed by atoms with Crippen LogP contribution in [-0.2, 0) is 17.1 Å². The van der Waals surface area contributed by atoms with Gasteiger partial charge < -0.3 is 25.7 Å². The first-order chi connectivity index (χ1) is 34.0. The van der Waals surface area contributed by atoms with E-state index in [2.05, 4.69) is 68.6 Å². The highest BCUT2D eigenvalue weighted by atomic mass is 19.4. The van der Waals surface area contributed by atoms with Gasteiger partial charge in [-0.15, -0.1) is 0 Å². The number of morpholine rings is 1. The van der Waals surface area contributed by atoms with E-state index in [-0.39, 0.29) is 11.8 Å². The Bertz CT molecular complexity index is 2930. The molecule has 2 aliphatic rings. The van der Waals surface area contributed by atoms with E-state index in [1.165, 1.54) is 43.0 Å². The molecule has 0 aliphatic carbocycles. The molecule has 2 aliphatic heterocycles. The van der Waals surface area contributed by atoms with Crippen LogP contribution in [0.25, 0.3) is 10.9 Å². The van der Waals surface area contributed by atoms with Crippen LogP contribution in [0, 0.1) is 25.6 Å². The fraction of sp³-hybridized carbons (Fsp3) is 0.250. The van der Waals surface area contributed by atoms with Gasteiger partial charge in [-0.25, -0.2) is 35.6 Å². The molecule has 6 N–H and O–H groups in total. The summed E-state index contributed by atoms with van der Waals surface area (Å²) in [4.78, 5) is 27.0. The molecule has 0 amide bonds. The molecule has 0 saturated carbocycles. The normalized spacial score (nSPS) is 15.0. The monoisotopic (exact) mass is 983 g/mol. The smallest absolute Gasteiger partial charge is 0.397 e. The maximum absolute atomic E-state index is 13.9. The summed E-state index contributed by atoms with van der Waals surface area (Å²) in [5, 5.41) is 13.8. The van der Waals surface area contributed by atoms with E-state index in [0.29, 0.717) is 72.3 Å². The predicted octanol–water partition coefficient (Wildman–Crippen LogP) is 9.39. The molecule has 370 valence electrons. The number of alkyl halides is 6. The highest BCUT2D eigenvalue weighted by Gasteiger charge is 2.32. The average molecular weight is 984 g/mol. The van der Waals surface area contributed by atoms with Gasteiger partial charge in [0.2, 0.25) is 11.9 Å². The fourth-order valence-corrected chi connectivity index (χ4v) is 6.91. The molecule has 2 saturated heterocycles. The number of nitrogens with two attached hydrogens (primary N) is 1. The molecule has 9 rings (SSSR count). The molecule has 16 nitrogen and oxygen atoms in total. The van der Waals surface area contributed by atoms with Crippen LogP contribution in [0.2, 0.25) is 0 Å². The lowest BCUT2D eigenvalue weighted by Gasteiger charge is -2.27. The van der Waals surface area contributed by atoms with Gasteiger partial charge in [0.05, 0.1) is 95.0 Å². The zero-order valence-corrected chi connectivity index (χ0v) is 38.5. The zero-order valence-electron chi connectivity index (χ0n) is 38.5. The number of pyridine rings is 2. The largest absolute Gasteiger partial charge is 0.416 e. The van der Waals surface area contributed by atoms with Crippen LogP contribution in [0.5, 0.6) is 0 Å². The number of hydrazine groups is 1. The van der Waals surface area contributed by atoms with Crippen molar-refractivity contribution in [3.63, 3.8) is 0 Å². The van der Waals surface area contributed by atoms with E-state index in [0.717, 1.165) is 59.6 Å². The van der Waals surface area contributed by atoms with Gasteiger partial charge in [-0.3, -0.25) is 9.97 Å². The number of nitrogen functional groups attached to an aromatic ring is 1. The number of halogens is 7. The van der Waals surface area contributed by atoms with Crippen molar-refractivity contribution < 1.29 is 35.5 Å². The summed E-state index contributed by atoms with van der Waals surface area (Å²) >= 11 is 0. The van der Waals surface area contributed by atoms with Crippen LogP contribution in [0.1, 0.15) is 40.7 Å². The Morgan fingerprint density at radius 3 is 2.06 bits per heavy atom. The lowest BCUT2D eigenvalue weighted by molar-refractivity contribution is -0.138. The van der Waals surface area contributed by atoms with E-state index in [9.17, 15) is 30.7 Å². The molecule has 0 spiro atoms. The Morgan fingerprint density at radius 1 is 0.732 bits per heavy atom. The zero-order chi connectivity index (χ0) is 50.5. The molecule has 4 aromatic heterocycles. The van der Waals surface area contributed by atoms with Crippen molar-refractivity contribution >= 4 is 63.8 Å². The summed E-state index contributed by atoms with van der Waals surface area (Å²) in [7, 11) is 0. The summed E-state index contributed by atoms with van der Waals surface area (Å²) in [5.41, 5.74) is 18.8. The van der Waals surface area contributed by atoms with Gasteiger partial charge >= 0.3 is 12.4 Å². The van der Waals surface area contributed by atoms with Gasteiger partial charge in [0.1, 0.15) is 0 Å². The van der Waals surface area contributed by atoms with Crippen molar-refractivity contribution in [3.8, 4) is 0 Å². The van der Waals surface area contributed by atoms with Gasteiger partial charge in [-0.1, -0.05) is 30.7 Å². The van der Waals surface area contributed by atoms with Crippen LogP contribution in [0.15, 0.2) is 120 Å². The Labute approximate surface area is 403 Å². The highest BCUT2D eigenvalue weighted by Crippen LogP contribution is 2.33. The third-order valence-corrected chi connectivity index (χ3v) is 10.5. The SMILES string of the molecule is CC1CNN(c2cccc(C(F)(F)F)c2)C1.Cc1ccc2nc(N/N=C/c3ccc(Nc4cccc(C(F)(F)F)c4)cn3)nc(C)c2c1.Nc1ccc(/C=N/Nc2ncc(F)c(N3CCOCC3)n2)nc1. The van der Waals surface area contributed by atoms with Gasteiger partial charge in [-0.2, -0.15) is 41.5 Å². The number of nitrogens with zero attached hydrogens (tertiary/aromatic N) is 10. The first kappa shape index (κ1) is 50.8. The Balaban J connectivity index is 0.000000166. The van der Waals surface area contributed by atoms with Crippen molar-refractivity contribution in [1.82, 2.24) is 35.3 Å². The van der Waals surface area contributed by atoms with Gasteiger partial charge in [0, 0.05) is 37.3 Å². The van der Waals surface area contributed by atoms with Gasteiger partial charge in [0.15, 0.2) is 11.6 Å². The van der Waals surface area contributed by atoms with E-state index >= 15 is 0 Å². The lowest BCUT2D eigenvalue weighted by atomic mass is 10.1. The van der Waals surface area contributed by atoms with E-state index in [4.69, 9.17) is 10.5 Å². The van der Waals surface area contributed by atoms with Crippen molar-refractivity contribution in [2.24, 2.45) is 16.1 Å². The molecule has 7 aromatic rings. The van der Waals surface area contributed by atoms with Crippen molar-refractivity contribution in [1.29, 1.82) is 0 Å². The Morgan fingerprint density at radius 2 is 1.41 bits per heavy atom. The molecule has 1 unspecified atom stereocenters. The third kappa shape index (κ3) is 14.7. The van der Waals surface area contributed by atoms with Gasteiger partial charge in [0.25, 0.3) is 0 Å². The number of benzene rings is 3. The maximum Gasteiger partial charge on any atom is 0.416 e.